The second-order valence-electron chi connectivity index (χ2n) is 4.89. The summed E-state index contributed by atoms with van der Waals surface area (Å²) >= 11 is 4.64. The van der Waals surface area contributed by atoms with Gasteiger partial charge in [0.25, 0.3) is 0 Å². The van der Waals surface area contributed by atoms with Gasteiger partial charge in [-0.2, -0.15) is 0 Å². The highest BCUT2D eigenvalue weighted by Gasteiger charge is 2.15. The van der Waals surface area contributed by atoms with Crippen LogP contribution in [0.1, 0.15) is 0 Å². The number of hydrogen-bond donors (Lipinski definition) is 1. The summed E-state index contributed by atoms with van der Waals surface area (Å²) in [5.41, 5.74) is 2.16. The highest BCUT2D eigenvalue weighted by Crippen LogP contribution is 2.37. The predicted octanol–water partition coefficient (Wildman–Crippen LogP) is 5.44. The molecule has 0 aliphatic rings. The van der Waals surface area contributed by atoms with Crippen molar-refractivity contribution in [2.75, 3.05) is 5.32 Å². The molecule has 0 amide bonds. The summed E-state index contributed by atoms with van der Waals surface area (Å²) in [6, 6.07) is 8.07. The van der Waals surface area contributed by atoms with E-state index in [2.05, 4.69) is 41.0 Å². The van der Waals surface area contributed by atoms with Crippen molar-refractivity contribution in [1.82, 2.24) is 15.0 Å². The molecule has 116 valence electrons. The lowest BCUT2D eigenvalue weighted by atomic mass is 10.2. The Morgan fingerprint density at radius 1 is 1.17 bits per heavy atom. The molecule has 0 spiro atoms. The van der Waals surface area contributed by atoms with Crippen LogP contribution in [-0.2, 0) is 0 Å². The number of benzene rings is 2. The fourth-order valence-corrected chi connectivity index (χ4v) is 3.72. The van der Waals surface area contributed by atoms with Crippen LogP contribution in [0.2, 0.25) is 0 Å². The van der Waals surface area contributed by atoms with E-state index in [4.69, 9.17) is 6.57 Å². The summed E-state index contributed by atoms with van der Waals surface area (Å²) in [6.07, 6.45) is 1.46. The van der Waals surface area contributed by atoms with Gasteiger partial charge < -0.3 is 10.2 Å². The second kappa shape index (κ2) is 5.78. The summed E-state index contributed by atoms with van der Waals surface area (Å²) in [6.45, 7) is 7.15. The van der Waals surface area contributed by atoms with E-state index in [1.165, 1.54) is 29.8 Å². The van der Waals surface area contributed by atoms with Gasteiger partial charge in [-0.3, -0.25) is 0 Å². The summed E-state index contributed by atoms with van der Waals surface area (Å²) in [5.74, 6) is 0.254. The normalized spacial score (nSPS) is 10.9. The SMILES string of the molecule is [C-]#[N+]c1nc2ccc3ncnc(Nc4ccc(F)cc4Br)c3c2s1. The molecule has 24 heavy (non-hydrogen) atoms. The average molecular weight is 400 g/mol. The lowest BCUT2D eigenvalue weighted by Crippen LogP contribution is -1.97. The molecular formula is C16H7BrFN5S. The number of thiazole rings is 1. The molecule has 0 aliphatic heterocycles. The number of anilines is 2. The predicted molar refractivity (Wildman–Crippen MR) is 96.4 cm³/mol. The third kappa shape index (κ3) is 2.48. The van der Waals surface area contributed by atoms with E-state index in [1.807, 2.05) is 12.1 Å². The first-order valence-corrected chi connectivity index (χ1v) is 8.40. The summed E-state index contributed by atoms with van der Waals surface area (Å²) in [5, 5.41) is 4.36. The molecule has 0 fully saturated rings. The zero-order valence-corrected chi connectivity index (χ0v) is 14.3. The first kappa shape index (κ1) is 14.9. The average Bonchev–Trinajstić information content (AvgIpc) is 3.01. The van der Waals surface area contributed by atoms with Crippen LogP contribution in [0, 0.1) is 12.4 Å². The Hall–Kier alpha value is -2.63. The van der Waals surface area contributed by atoms with Gasteiger partial charge in [0.15, 0.2) is 5.52 Å². The number of rotatable bonds is 2. The monoisotopic (exact) mass is 399 g/mol. The van der Waals surface area contributed by atoms with Crippen molar-refractivity contribution < 1.29 is 4.39 Å². The van der Waals surface area contributed by atoms with E-state index in [0.29, 0.717) is 21.1 Å². The van der Waals surface area contributed by atoms with Gasteiger partial charge in [-0.1, -0.05) is 6.57 Å². The van der Waals surface area contributed by atoms with Crippen molar-refractivity contribution in [1.29, 1.82) is 0 Å². The maximum atomic E-state index is 13.3. The zero-order chi connectivity index (χ0) is 16.7. The van der Waals surface area contributed by atoms with Gasteiger partial charge in [0.05, 0.1) is 21.3 Å². The summed E-state index contributed by atoms with van der Waals surface area (Å²) < 4.78 is 14.7. The summed E-state index contributed by atoms with van der Waals surface area (Å²) in [4.78, 5) is 16.3. The van der Waals surface area contributed by atoms with E-state index < -0.39 is 0 Å². The van der Waals surface area contributed by atoms with Crippen molar-refractivity contribution in [2.45, 2.75) is 0 Å². The van der Waals surface area contributed by atoms with Crippen LogP contribution in [-0.4, -0.2) is 15.0 Å². The molecule has 4 rings (SSSR count). The fraction of sp³-hybridized carbons (Fsp3) is 0. The van der Waals surface area contributed by atoms with Gasteiger partial charge >= 0.3 is 5.13 Å². The van der Waals surface area contributed by atoms with Crippen molar-refractivity contribution in [3.05, 3.63) is 58.4 Å². The van der Waals surface area contributed by atoms with Crippen molar-refractivity contribution in [3.63, 3.8) is 0 Å². The van der Waals surface area contributed by atoms with Crippen LogP contribution in [0.5, 0.6) is 0 Å². The molecule has 0 saturated heterocycles. The lowest BCUT2D eigenvalue weighted by Gasteiger charge is -2.10. The number of aromatic nitrogens is 3. The van der Waals surface area contributed by atoms with Gasteiger partial charge in [-0.15, -0.1) is 16.3 Å². The number of halogens is 2. The number of fused-ring (bicyclic) bond motifs is 3. The number of nitrogens with one attached hydrogen (secondary N) is 1. The Morgan fingerprint density at radius 2 is 2.00 bits per heavy atom. The lowest BCUT2D eigenvalue weighted by molar-refractivity contribution is 0.627. The molecule has 0 bridgehead atoms. The topological polar surface area (TPSA) is 55.1 Å². The highest BCUT2D eigenvalue weighted by atomic mass is 79.9. The van der Waals surface area contributed by atoms with Crippen LogP contribution in [0.15, 0.2) is 41.1 Å². The molecule has 0 radical (unpaired) electrons. The van der Waals surface area contributed by atoms with Crippen LogP contribution in [0.4, 0.5) is 21.0 Å². The van der Waals surface area contributed by atoms with E-state index in [9.17, 15) is 4.39 Å². The van der Waals surface area contributed by atoms with Gasteiger partial charge in [0.1, 0.15) is 18.0 Å². The van der Waals surface area contributed by atoms with Gasteiger partial charge in [-0.05, 0) is 46.3 Å². The van der Waals surface area contributed by atoms with Gasteiger partial charge in [0.2, 0.25) is 0 Å². The molecule has 2 aromatic heterocycles. The van der Waals surface area contributed by atoms with Crippen LogP contribution in [0.25, 0.3) is 26.0 Å². The zero-order valence-electron chi connectivity index (χ0n) is 11.9. The largest absolute Gasteiger partial charge is 0.351 e. The molecule has 0 atom stereocenters. The number of hydrogen-bond acceptors (Lipinski definition) is 5. The fourth-order valence-electron chi connectivity index (χ4n) is 2.38. The molecular weight excluding hydrogens is 393 g/mol. The van der Waals surface area contributed by atoms with Crippen LogP contribution in [0.3, 0.4) is 0 Å². The molecule has 0 aliphatic carbocycles. The molecule has 0 saturated carbocycles. The minimum atomic E-state index is -0.327. The molecule has 8 heteroatoms. The minimum absolute atomic E-state index is 0.327. The van der Waals surface area contributed by atoms with Crippen LogP contribution >= 0.6 is 27.3 Å². The van der Waals surface area contributed by atoms with Crippen molar-refractivity contribution in [2.24, 2.45) is 0 Å². The van der Waals surface area contributed by atoms with Crippen molar-refractivity contribution >= 4 is 65.0 Å². The van der Waals surface area contributed by atoms with E-state index in [1.54, 1.807) is 6.07 Å². The van der Waals surface area contributed by atoms with Gasteiger partial charge in [-0.25, -0.2) is 14.4 Å². The molecule has 5 nitrogen and oxygen atoms in total. The molecule has 2 aromatic carbocycles. The first-order valence-electron chi connectivity index (χ1n) is 6.79. The molecule has 4 aromatic rings. The molecule has 1 N–H and O–H groups in total. The van der Waals surface area contributed by atoms with E-state index >= 15 is 0 Å². The van der Waals surface area contributed by atoms with E-state index in [0.717, 1.165) is 21.1 Å². The van der Waals surface area contributed by atoms with Crippen LogP contribution < -0.4 is 5.32 Å². The van der Waals surface area contributed by atoms with Gasteiger partial charge in [0, 0.05) is 4.47 Å². The first-order chi connectivity index (χ1) is 11.7. The molecule has 2 heterocycles. The maximum absolute atomic E-state index is 13.3. The number of nitrogens with zero attached hydrogens (tertiary/aromatic N) is 4. The second-order valence-corrected chi connectivity index (χ2v) is 6.72. The van der Waals surface area contributed by atoms with Crippen molar-refractivity contribution in [3.8, 4) is 0 Å². The Morgan fingerprint density at radius 3 is 2.79 bits per heavy atom. The summed E-state index contributed by atoms with van der Waals surface area (Å²) in [7, 11) is 0. The maximum Gasteiger partial charge on any atom is 0.330 e. The Labute approximate surface area is 148 Å². The molecule has 0 unspecified atom stereocenters. The van der Waals surface area contributed by atoms with E-state index in [-0.39, 0.29) is 5.82 Å². The minimum Gasteiger partial charge on any atom is -0.351 e. The highest BCUT2D eigenvalue weighted by molar-refractivity contribution is 9.10. The Kier molecular flexibility index (Phi) is 3.59. The third-order valence-electron chi connectivity index (χ3n) is 3.42. The standard InChI is InChI=1S/C16H7BrFN5S/c1-19-16-23-12-5-4-11-13(14(12)24-16)15(21-7-20-11)22-10-3-2-8(18)6-9(10)17/h2-7H,(H,20,21,22). The Balaban J connectivity index is 1.94. The third-order valence-corrected chi connectivity index (χ3v) is 5.06. The smallest absolute Gasteiger partial charge is 0.330 e. The Bertz CT molecular complexity index is 1130. The quantitative estimate of drug-likeness (QED) is 0.456.